The van der Waals surface area contributed by atoms with Gasteiger partial charge in [-0.05, 0) is 66.2 Å². The van der Waals surface area contributed by atoms with Gasteiger partial charge in [0.1, 0.15) is 5.75 Å². The Kier molecular flexibility index (Phi) is 7.67. The molecule has 1 heterocycles. The van der Waals surface area contributed by atoms with Crippen LogP contribution in [0.3, 0.4) is 0 Å². The lowest BCUT2D eigenvalue weighted by Crippen LogP contribution is -2.27. The van der Waals surface area contributed by atoms with Crippen molar-refractivity contribution >= 4 is 69.2 Å². The highest BCUT2D eigenvalue weighted by Crippen LogP contribution is 2.38. The molecule has 36 heavy (non-hydrogen) atoms. The fourth-order valence-electron chi connectivity index (χ4n) is 3.20. The van der Waals surface area contributed by atoms with Gasteiger partial charge in [0.2, 0.25) is 0 Å². The number of alkyl halides is 3. The second-order valence-corrected chi connectivity index (χ2v) is 9.59. The molecular formula is C25H16ClF3N2O3S2. The molecule has 1 aliphatic heterocycles. The van der Waals surface area contributed by atoms with Crippen LogP contribution in [0.4, 0.5) is 24.5 Å². The van der Waals surface area contributed by atoms with Crippen LogP contribution in [0, 0.1) is 0 Å². The van der Waals surface area contributed by atoms with E-state index in [2.05, 4.69) is 5.32 Å². The smallest absolute Gasteiger partial charge is 0.416 e. The van der Waals surface area contributed by atoms with E-state index >= 15 is 0 Å². The van der Waals surface area contributed by atoms with E-state index in [4.69, 9.17) is 28.6 Å². The number of hydrogen-bond acceptors (Lipinski definition) is 5. The highest BCUT2D eigenvalue weighted by Gasteiger charge is 2.36. The number of amides is 2. The second kappa shape index (κ2) is 10.7. The molecule has 0 aliphatic carbocycles. The van der Waals surface area contributed by atoms with E-state index in [0.29, 0.717) is 22.0 Å². The van der Waals surface area contributed by atoms with Crippen molar-refractivity contribution < 1.29 is 27.5 Å². The molecule has 1 aliphatic rings. The number of ether oxygens (including phenoxy) is 1. The third-order valence-electron chi connectivity index (χ3n) is 4.90. The number of anilines is 2. The first kappa shape index (κ1) is 25.7. The number of nitrogens with one attached hydrogen (secondary N) is 1. The fourth-order valence-corrected chi connectivity index (χ4v) is 4.63. The first-order chi connectivity index (χ1) is 17.1. The summed E-state index contributed by atoms with van der Waals surface area (Å²) in [5, 5.41) is 3.24. The van der Waals surface area contributed by atoms with Crippen LogP contribution in [-0.4, -0.2) is 22.7 Å². The molecule has 1 N–H and O–H groups in total. The maximum atomic E-state index is 13.1. The van der Waals surface area contributed by atoms with Crippen LogP contribution in [0.15, 0.2) is 77.7 Å². The number of carbonyl (C=O) groups excluding carboxylic acids is 2. The van der Waals surface area contributed by atoms with Crippen molar-refractivity contribution in [2.75, 3.05) is 16.8 Å². The lowest BCUT2D eigenvalue weighted by molar-refractivity contribution is -0.137. The maximum absolute atomic E-state index is 13.1. The largest absolute Gasteiger partial charge is 0.484 e. The van der Waals surface area contributed by atoms with Crippen molar-refractivity contribution in [3.05, 3.63) is 93.9 Å². The minimum absolute atomic E-state index is 0.0522. The van der Waals surface area contributed by atoms with E-state index in [1.165, 1.54) is 12.1 Å². The van der Waals surface area contributed by atoms with E-state index in [1.54, 1.807) is 54.6 Å². The predicted molar refractivity (Wildman–Crippen MR) is 139 cm³/mol. The van der Waals surface area contributed by atoms with Crippen molar-refractivity contribution in [2.45, 2.75) is 6.18 Å². The normalized spacial score (nSPS) is 14.9. The van der Waals surface area contributed by atoms with Crippen LogP contribution >= 0.6 is 35.6 Å². The minimum Gasteiger partial charge on any atom is -0.484 e. The molecule has 3 aromatic rings. The van der Waals surface area contributed by atoms with Gasteiger partial charge in [0.15, 0.2) is 10.9 Å². The molecule has 0 saturated carbocycles. The third-order valence-corrected chi connectivity index (χ3v) is 6.46. The van der Waals surface area contributed by atoms with Crippen molar-refractivity contribution in [1.82, 2.24) is 0 Å². The number of thioether (sulfide) groups is 1. The summed E-state index contributed by atoms with van der Waals surface area (Å²) >= 11 is 12.1. The second-order valence-electron chi connectivity index (χ2n) is 7.48. The predicted octanol–water partition coefficient (Wildman–Crippen LogP) is 6.78. The Balaban J connectivity index is 1.39. The van der Waals surface area contributed by atoms with Gasteiger partial charge >= 0.3 is 6.18 Å². The number of nitrogens with zero attached hydrogens (tertiary/aromatic N) is 1. The summed E-state index contributed by atoms with van der Waals surface area (Å²) in [6, 6.07) is 17.7. The van der Waals surface area contributed by atoms with E-state index < -0.39 is 17.6 Å². The van der Waals surface area contributed by atoms with Gasteiger partial charge in [0, 0.05) is 10.7 Å². The zero-order chi connectivity index (χ0) is 25.9. The SMILES string of the molecule is O=C(COc1ccc(/C=C2\SC(=S)N(c3cccc(C(F)(F)F)c3)C2=O)cc1)Nc1ccc(Cl)cc1. The number of benzene rings is 3. The van der Waals surface area contributed by atoms with E-state index in [9.17, 15) is 22.8 Å². The first-order valence-corrected chi connectivity index (χ1v) is 11.9. The number of rotatable bonds is 6. The van der Waals surface area contributed by atoms with E-state index in [1.807, 2.05) is 0 Å². The van der Waals surface area contributed by atoms with Gasteiger partial charge in [-0.1, -0.05) is 53.8 Å². The van der Waals surface area contributed by atoms with Crippen LogP contribution in [0.2, 0.25) is 5.02 Å². The van der Waals surface area contributed by atoms with Crippen LogP contribution in [0.25, 0.3) is 6.08 Å². The van der Waals surface area contributed by atoms with Gasteiger partial charge in [-0.25, -0.2) is 0 Å². The summed E-state index contributed by atoms with van der Waals surface area (Å²) < 4.78 is 44.8. The molecule has 0 radical (unpaired) electrons. The topological polar surface area (TPSA) is 58.6 Å². The van der Waals surface area contributed by atoms with Gasteiger partial charge < -0.3 is 10.1 Å². The molecule has 0 spiro atoms. The number of carbonyl (C=O) groups is 2. The summed E-state index contributed by atoms with van der Waals surface area (Å²) in [4.78, 5) is 26.3. The molecule has 184 valence electrons. The molecule has 0 aromatic heterocycles. The molecule has 1 fully saturated rings. The Morgan fingerprint density at radius 1 is 1.08 bits per heavy atom. The molecule has 0 atom stereocenters. The van der Waals surface area contributed by atoms with Crippen LogP contribution in [0.5, 0.6) is 5.75 Å². The fraction of sp³-hybridized carbons (Fsp3) is 0.0800. The maximum Gasteiger partial charge on any atom is 0.416 e. The Morgan fingerprint density at radius 2 is 1.78 bits per heavy atom. The highest BCUT2D eigenvalue weighted by molar-refractivity contribution is 8.27. The Morgan fingerprint density at radius 3 is 2.44 bits per heavy atom. The van der Waals surface area contributed by atoms with Gasteiger partial charge in [-0.15, -0.1) is 0 Å². The van der Waals surface area contributed by atoms with Crippen LogP contribution < -0.4 is 15.0 Å². The lowest BCUT2D eigenvalue weighted by Gasteiger charge is -2.16. The average molecular weight is 549 g/mol. The van der Waals surface area contributed by atoms with Gasteiger partial charge in [0.05, 0.1) is 16.2 Å². The molecule has 11 heteroatoms. The Labute approximate surface area is 218 Å². The van der Waals surface area contributed by atoms with E-state index in [-0.39, 0.29) is 27.4 Å². The molecule has 5 nitrogen and oxygen atoms in total. The lowest BCUT2D eigenvalue weighted by atomic mass is 10.1. The minimum atomic E-state index is -4.54. The number of thiocarbonyl (C=S) groups is 1. The Bertz CT molecular complexity index is 1340. The molecule has 0 bridgehead atoms. The zero-order valence-corrected chi connectivity index (χ0v) is 20.6. The monoisotopic (exact) mass is 548 g/mol. The Hall–Kier alpha value is -3.34. The third kappa shape index (κ3) is 6.26. The molecule has 4 rings (SSSR count). The summed E-state index contributed by atoms with van der Waals surface area (Å²) in [7, 11) is 0. The summed E-state index contributed by atoms with van der Waals surface area (Å²) in [6.07, 6.45) is -2.95. The van der Waals surface area contributed by atoms with Crippen molar-refractivity contribution in [1.29, 1.82) is 0 Å². The van der Waals surface area contributed by atoms with Crippen LogP contribution in [0.1, 0.15) is 11.1 Å². The van der Waals surface area contributed by atoms with Gasteiger partial charge in [-0.2, -0.15) is 13.2 Å². The van der Waals surface area contributed by atoms with Gasteiger partial charge in [0.25, 0.3) is 11.8 Å². The quantitative estimate of drug-likeness (QED) is 0.272. The summed E-state index contributed by atoms with van der Waals surface area (Å²) in [5.41, 5.74) is 0.426. The number of halogens is 4. The molecule has 3 aromatic carbocycles. The van der Waals surface area contributed by atoms with Crippen molar-refractivity contribution in [3.63, 3.8) is 0 Å². The molecule has 1 saturated heterocycles. The first-order valence-electron chi connectivity index (χ1n) is 10.3. The average Bonchev–Trinajstić information content (AvgIpc) is 3.12. The van der Waals surface area contributed by atoms with E-state index in [0.717, 1.165) is 28.8 Å². The molecule has 0 unspecified atom stereocenters. The number of hydrogen-bond donors (Lipinski definition) is 1. The van der Waals surface area contributed by atoms with Crippen molar-refractivity contribution in [2.24, 2.45) is 0 Å². The molecular weight excluding hydrogens is 533 g/mol. The van der Waals surface area contributed by atoms with Crippen molar-refractivity contribution in [3.8, 4) is 5.75 Å². The summed E-state index contributed by atoms with van der Waals surface area (Å²) in [6.45, 7) is -0.211. The summed E-state index contributed by atoms with van der Waals surface area (Å²) in [5.74, 6) is -0.418. The highest BCUT2D eigenvalue weighted by atomic mass is 35.5. The van der Waals surface area contributed by atoms with Gasteiger partial charge in [-0.3, -0.25) is 14.5 Å². The van der Waals surface area contributed by atoms with Crippen LogP contribution in [-0.2, 0) is 15.8 Å². The standard InChI is InChI=1S/C25H16ClF3N2O3S2/c26-17-6-8-18(9-7-17)30-22(32)14-34-20-10-4-15(5-11-20)12-21-23(33)31(24(35)36-21)19-3-1-2-16(13-19)25(27,28)29/h1-13H,14H2,(H,30,32)/b21-12-. The zero-order valence-electron chi connectivity index (χ0n) is 18.2. The molecule has 2 amide bonds.